The van der Waals surface area contributed by atoms with E-state index in [2.05, 4.69) is 57.8 Å². The number of aromatic amines is 1. The molecule has 2 atom stereocenters. The van der Waals surface area contributed by atoms with Crippen molar-refractivity contribution < 1.29 is 71.9 Å². The molecule has 0 saturated carbocycles. The van der Waals surface area contributed by atoms with E-state index in [4.69, 9.17) is 44.1 Å². The molecule has 0 saturated heterocycles. The third kappa shape index (κ3) is 21.8. The number of imidazole rings is 1. The van der Waals surface area contributed by atoms with Gasteiger partial charge in [0.05, 0.1) is 101 Å². The van der Waals surface area contributed by atoms with Crippen molar-refractivity contribution in [2.45, 2.75) is 65.3 Å². The number of imide groups is 1. The molecule has 0 spiro atoms. The maximum atomic E-state index is 13.7. The first-order chi connectivity index (χ1) is 43.4. The minimum absolute atomic E-state index is 0.0436. The fraction of sp³-hybridized carbons (Fsp3) is 0.371. The largest absolute Gasteiger partial charge is 0.490 e. The number of halogens is 1. The van der Waals surface area contributed by atoms with Gasteiger partial charge in [0.15, 0.2) is 0 Å². The first-order valence-electron chi connectivity index (χ1n) is 29.0. The molecule has 478 valence electrons. The van der Waals surface area contributed by atoms with Crippen LogP contribution in [0, 0.1) is 12.8 Å². The average molecular weight is 1310 g/mol. The van der Waals surface area contributed by atoms with Crippen LogP contribution in [0.2, 0.25) is 0 Å². The first-order valence-corrected chi connectivity index (χ1v) is 29.8. The zero-order valence-corrected chi connectivity index (χ0v) is 51.6. The number of ether oxygens (including phenoxy) is 6. The van der Waals surface area contributed by atoms with E-state index in [1.165, 1.54) is 12.2 Å². The van der Waals surface area contributed by atoms with Crippen LogP contribution in [0.3, 0.4) is 0 Å². The Morgan fingerprint density at radius 2 is 1.46 bits per heavy atom. The third-order valence-electron chi connectivity index (χ3n) is 13.5. The number of H-pyrrole nitrogens is 1. The van der Waals surface area contributed by atoms with Crippen molar-refractivity contribution in [2.75, 3.05) is 89.7 Å². The van der Waals surface area contributed by atoms with Gasteiger partial charge in [0, 0.05) is 57.6 Å². The smallest absolute Gasteiger partial charge is 0.407 e. The summed E-state index contributed by atoms with van der Waals surface area (Å²) in [6, 6.07) is 22.0. The van der Waals surface area contributed by atoms with Gasteiger partial charge < -0.3 is 76.1 Å². The van der Waals surface area contributed by atoms with E-state index >= 15 is 0 Å². The number of anilines is 2. The number of amides is 8. The number of carboxylic acids is 1. The minimum Gasteiger partial charge on any atom is -0.490 e. The molecule has 3 aromatic heterocycles. The highest BCUT2D eigenvalue weighted by Gasteiger charge is 2.29. The number of primary amides is 1. The maximum Gasteiger partial charge on any atom is 0.407 e. The van der Waals surface area contributed by atoms with Gasteiger partial charge >= 0.3 is 18.1 Å². The van der Waals surface area contributed by atoms with E-state index in [1.807, 2.05) is 49.4 Å². The highest BCUT2D eigenvalue weighted by molar-refractivity contribution is 9.10. The lowest BCUT2D eigenvalue weighted by atomic mass is 10.0. The van der Waals surface area contributed by atoms with Gasteiger partial charge in [-0.15, -0.1) is 0 Å². The van der Waals surface area contributed by atoms with E-state index in [-0.39, 0.29) is 115 Å². The van der Waals surface area contributed by atoms with Crippen LogP contribution in [0.25, 0.3) is 33.5 Å². The Hall–Kier alpha value is -9.35. The number of nitrogens with two attached hydrogens (primary N) is 1. The zero-order chi connectivity index (χ0) is 64.4. The number of carbonyl (C=O) groups excluding carboxylic acids is 7. The number of aryl methyl sites for hydroxylation is 1. The highest BCUT2D eigenvalue weighted by atomic mass is 79.9. The molecule has 0 radical (unpaired) electrons. The van der Waals surface area contributed by atoms with Gasteiger partial charge in [-0.3, -0.25) is 38.8 Å². The number of urea groups is 1. The van der Waals surface area contributed by atoms with Crippen molar-refractivity contribution in [2.24, 2.45) is 11.7 Å². The summed E-state index contributed by atoms with van der Waals surface area (Å²) in [6.07, 6.45) is 3.69. The molecule has 1 aliphatic heterocycles. The molecule has 27 nitrogen and oxygen atoms in total. The van der Waals surface area contributed by atoms with Crippen LogP contribution in [-0.2, 0) is 60.8 Å². The van der Waals surface area contributed by atoms with E-state index in [0.717, 1.165) is 32.8 Å². The second-order valence-corrected chi connectivity index (χ2v) is 21.5. The van der Waals surface area contributed by atoms with Gasteiger partial charge in [-0.1, -0.05) is 38.1 Å². The number of hydrogen-bond acceptors (Lipinski definition) is 18. The summed E-state index contributed by atoms with van der Waals surface area (Å²) in [6.45, 7) is 8.02. The fourth-order valence-electron chi connectivity index (χ4n) is 8.90. The van der Waals surface area contributed by atoms with E-state index in [0.29, 0.717) is 64.2 Å². The number of fused-ring (bicyclic) bond motifs is 1. The molecule has 0 fully saturated rings. The molecular weight excluding hydrogens is 1230 g/mol. The van der Waals surface area contributed by atoms with Gasteiger partial charge in [0.25, 0.3) is 11.8 Å². The maximum absolute atomic E-state index is 13.7. The van der Waals surface area contributed by atoms with Gasteiger partial charge in [-0.05, 0) is 108 Å². The van der Waals surface area contributed by atoms with Crippen molar-refractivity contribution in [3.05, 3.63) is 130 Å². The Bertz CT molecular complexity index is 3470. The molecule has 8 amide bonds. The predicted octanol–water partition coefficient (Wildman–Crippen LogP) is 5.77. The lowest BCUT2D eigenvalue weighted by Crippen LogP contribution is -2.54. The Balaban J connectivity index is 0.814. The van der Waals surface area contributed by atoms with Crippen LogP contribution in [-0.4, -0.2) is 169 Å². The molecule has 4 heterocycles. The number of aromatic nitrogens is 4. The molecule has 0 aliphatic carbocycles. The molecule has 90 heavy (non-hydrogen) atoms. The second-order valence-electron chi connectivity index (χ2n) is 20.7. The van der Waals surface area contributed by atoms with Gasteiger partial charge in [-0.2, -0.15) is 0 Å². The quantitative estimate of drug-likeness (QED) is 0.0165. The van der Waals surface area contributed by atoms with Crippen molar-refractivity contribution in [3.8, 4) is 28.4 Å². The number of aromatic carboxylic acids is 1. The number of pyridine rings is 2. The molecule has 3 aromatic carbocycles. The van der Waals surface area contributed by atoms with Crippen molar-refractivity contribution in [1.29, 1.82) is 0 Å². The number of nitrogens with zero attached hydrogens (tertiary/aromatic N) is 4. The Morgan fingerprint density at radius 3 is 2.14 bits per heavy atom. The summed E-state index contributed by atoms with van der Waals surface area (Å²) in [5.41, 5.74) is 11.3. The number of rotatable bonds is 37. The highest BCUT2D eigenvalue weighted by Crippen LogP contribution is 2.33. The van der Waals surface area contributed by atoms with E-state index in [9.17, 15) is 43.5 Å². The SMILES string of the molecule is Cc1cccc(-c2nc(CNc3ccc(Br)c(C(=O)O)c3)[nH]c2-c2ccc3ncc(OCCNC(=O)OCc4ccc(NC(=O)C(CCCNC(N)=O)NC(=O)[C@@H](NC(=O)CCOCCOCCOCCOCCN5C(=O)C=CC5=O)C(C)C)cc4)cc3c2)n1. The lowest BCUT2D eigenvalue weighted by molar-refractivity contribution is -0.137. The van der Waals surface area contributed by atoms with Crippen molar-refractivity contribution in [3.63, 3.8) is 0 Å². The van der Waals surface area contributed by atoms with Gasteiger partial charge in [0.1, 0.15) is 42.6 Å². The monoisotopic (exact) mass is 1300 g/mol. The molecule has 10 N–H and O–H groups in total. The van der Waals surface area contributed by atoms with Crippen LogP contribution in [0.15, 0.2) is 108 Å². The minimum atomic E-state index is -1.08. The Kier molecular flexibility index (Phi) is 26.5. The van der Waals surface area contributed by atoms with Crippen molar-refractivity contribution >= 4 is 85.8 Å². The fourth-order valence-corrected chi connectivity index (χ4v) is 9.32. The average Bonchev–Trinajstić information content (AvgIpc) is 1.63. The van der Waals surface area contributed by atoms with Crippen LogP contribution in [0.5, 0.6) is 5.75 Å². The summed E-state index contributed by atoms with van der Waals surface area (Å²) >= 11 is 3.29. The second kappa shape index (κ2) is 35.0. The molecule has 0 bridgehead atoms. The summed E-state index contributed by atoms with van der Waals surface area (Å²) in [4.78, 5) is 118. The van der Waals surface area contributed by atoms with Gasteiger partial charge in [-0.25, -0.2) is 19.4 Å². The third-order valence-corrected chi connectivity index (χ3v) is 14.2. The molecular formula is C62H73BrN12O15. The topological polar surface area (TPSA) is 368 Å². The Labute approximate surface area is 527 Å². The van der Waals surface area contributed by atoms with E-state index in [1.54, 1.807) is 62.5 Å². The zero-order valence-electron chi connectivity index (χ0n) is 50.0. The van der Waals surface area contributed by atoms with Crippen LogP contribution >= 0.6 is 15.9 Å². The molecule has 1 unspecified atom stereocenters. The normalized spacial score (nSPS) is 12.6. The Morgan fingerprint density at radius 1 is 0.756 bits per heavy atom. The molecule has 6 aromatic rings. The molecule has 1 aliphatic rings. The van der Waals surface area contributed by atoms with Crippen LogP contribution < -0.4 is 42.4 Å². The summed E-state index contributed by atoms with van der Waals surface area (Å²) < 4.78 is 33.7. The lowest BCUT2D eigenvalue weighted by Gasteiger charge is -2.25. The number of hydrogen-bond donors (Lipinski definition) is 9. The van der Waals surface area contributed by atoms with Gasteiger partial charge in [0.2, 0.25) is 17.7 Å². The van der Waals surface area contributed by atoms with Crippen molar-refractivity contribution in [1.82, 2.24) is 46.1 Å². The number of benzene rings is 3. The number of carboxylic acid groups (broad SMARTS) is 1. The van der Waals surface area contributed by atoms with E-state index < -0.39 is 47.9 Å². The standard InChI is InChI=1S/C62H73BrN12O15/c1-38(2)55(74-52(76)19-23-85-26-28-87-30-31-88-29-27-86-25-22-75-53(77)17-18-54(75)78)59(80)71-50(8-5-20-65-61(64)83)58(79)70-43-12-9-40(10-13-43)37-90-62(84)66-21-24-89-45-33-42-32-41(11-16-48(42)68-35-45)56-57(49-7-4-6-39(3)69-49)73-51(72-56)36-67-44-14-15-47(63)46(34-44)60(81)82/h4,6-7,9-18,32-35,38,50,55,67H,5,8,19-31,36-37H2,1-3H3,(H,66,84)(H,70,79)(H,71,80)(H,72,73)(H,74,76)(H,81,82)(H3,64,65,83)/t50?,55-/m0/s1. The van der Waals surface area contributed by atoms with Crippen LogP contribution in [0.4, 0.5) is 21.0 Å². The molecule has 28 heteroatoms. The number of nitrogens with one attached hydrogen (secondary N) is 7. The summed E-state index contributed by atoms with van der Waals surface area (Å²) in [5, 5.41) is 27.1. The molecule has 7 rings (SSSR count). The number of carbonyl (C=O) groups is 8. The first kappa shape index (κ1) is 68.1. The van der Waals surface area contributed by atoms with Crippen LogP contribution in [0.1, 0.15) is 60.5 Å². The summed E-state index contributed by atoms with van der Waals surface area (Å²) in [7, 11) is 0. The number of alkyl carbamates (subject to hydrolysis) is 1. The summed E-state index contributed by atoms with van der Waals surface area (Å²) in [5.74, 6) is -2.66. The predicted molar refractivity (Wildman–Crippen MR) is 334 cm³/mol.